The molecule has 3 nitrogen and oxygen atoms in total. The van der Waals surface area contributed by atoms with E-state index in [1.54, 1.807) is 12.1 Å². The summed E-state index contributed by atoms with van der Waals surface area (Å²) in [5.74, 6) is 0.166. The Bertz CT molecular complexity index is 528. The zero-order chi connectivity index (χ0) is 14.5. The Kier molecular flexibility index (Phi) is 5.29. The molecule has 1 aliphatic heterocycles. The molecule has 2 N–H and O–H groups in total. The Morgan fingerprint density at radius 3 is 3.05 bits per heavy atom. The topological polar surface area (TPSA) is 49.7 Å². The monoisotopic (exact) mass is 292 g/mol. The molecule has 0 unspecified atom stereocenters. The third-order valence-electron chi connectivity index (χ3n) is 3.23. The van der Waals surface area contributed by atoms with E-state index < -0.39 is 7.12 Å². The summed E-state index contributed by atoms with van der Waals surface area (Å²) >= 11 is 6.07. The number of rotatable bonds is 4. The highest BCUT2D eigenvalue weighted by atomic mass is 35.5. The molecule has 1 atom stereocenters. The van der Waals surface area contributed by atoms with Crippen molar-refractivity contribution in [2.45, 2.75) is 32.2 Å². The van der Waals surface area contributed by atoms with E-state index >= 15 is 0 Å². The van der Waals surface area contributed by atoms with Crippen molar-refractivity contribution in [1.29, 1.82) is 0 Å². The molecule has 0 amide bonds. The number of allylic oxidation sites excluding steroid dienone is 2. The molecule has 2 rings (SSSR count). The van der Waals surface area contributed by atoms with Crippen molar-refractivity contribution in [2.24, 2.45) is 0 Å². The van der Waals surface area contributed by atoms with Gasteiger partial charge in [-0.15, -0.1) is 0 Å². The maximum absolute atomic E-state index is 9.41. The fourth-order valence-corrected chi connectivity index (χ4v) is 2.38. The van der Waals surface area contributed by atoms with Crippen LogP contribution in [0.1, 0.15) is 25.3 Å². The lowest BCUT2D eigenvalue weighted by atomic mass is 9.82. The number of aromatic hydroxyl groups is 1. The van der Waals surface area contributed by atoms with Crippen molar-refractivity contribution in [3.05, 3.63) is 46.5 Å². The van der Waals surface area contributed by atoms with Crippen LogP contribution in [0.5, 0.6) is 5.75 Å². The van der Waals surface area contributed by atoms with E-state index in [4.69, 9.17) is 16.3 Å². The summed E-state index contributed by atoms with van der Waals surface area (Å²) < 4.78 is 5.41. The lowest BCUT2D eigenvalue weighted by Crippen LogP contribution is -2.27. The van der Waals surface area contributed by atoms with E-state index in [9.17, 15) is 10.1 Å². The Morgan fingerprint density at radius 2 is 2.35 bits per heavy atom. The van der Waals surface area contributed by atoms with Gasteiger partial charge in [-0.05, 0) is 43.5 Å². The van der Waals surface area contributed by atoms with Crippen LogP contribution < -0.4 is 0 Å². The number of phenolic OH excluding ortho intramolecular Hbond substituents is 1. The van der Waals surface area contributed by atoms with Crippen LogP contribution in [0, 0.1) is 0 Å². The van der Waals surface area contributed by atoms with E-state index in [2.05, 4.69) is 0 Å². The summed E-state index contributed by atoms with van der Waals surface area (Å²) in [5, 5.41) is 19.3. The summed E-state index contributed by atoms with van der Waals surface area (Å²) in [6.45, 7) is 2.03. The van der Waals surface area contributed by atoms with Crippen LogP contribution in [0.4, 0.5) is 0 Å². The molecule has 0 saturated heterocycles. The van der Waals surface area contributed by atoms with Crippen LogP contribution in [0.25, 0.3) is 6.08 Å². The van der Waals surface area contributed by atoms with Gasteiger partial charge in [0.1, 0.15) is 5.75 Å². The summed E-state index contributed by atoms with van der Waals surface area (Å²) in [4.78, 5) is 0. The Balaban J connectivity index is 1.94. The Hall–Kier alpha value is -1.23. The third kappa shape index (κ3) is 4.41. The van der Waals surface area contributed by atoms with Gasteiger partial charge in [-0.1, -0.05) is 35.4 Å². The summed E-state index contributed by atoms with van der Waals surface area (Å²) in [6.07, 6.45) is 8.17. The van der Waals surface area contributed by atoms with Gasteiger partial charge in [-0.3, -0.25) is 0 Å². The molecule has 0 radical (unpaired) electrons. The van der Waals surface area contributed by atoms with Gasteiger partial charge in [0, 0.05) is 6.32 Å². The standard InChI is InChI=1S/C15H18BClO3/c1-11(4-7-14-3-2-8-16(19)20-14)9-12-5-6-13(18)10-15(12)17/h2-3,5-6,9-10,14,18-19H,4,7-8H2,1H3/b11-9+/t14-/m0/s1. The minimum atomic E-state index is -0.680. The molecule has 0 fully saturated rings. The minimum Gasteiger partial charge on any atom is -0.508 e. The van der Waals surface area contributed by atoms with Gasteiger partial charge in [0.2, 0.25) is 0 Å². The second kappa shape index (κ2) is 6.98. The molecule has 1 aliphatic rings. The average Bonchev–Trinajstić information content (AvgIpc) is 2.40. The van der Waals surface area contributed by atoms with Crippen molar-refractivity contribution >= 4 is 24.8 Å². The van der Waals surface area contributed by atoms with Crippen LogP contribution in [0.15, 0.2) is 35.9 Å². The second-order valence-corrected chi connectivity index (χ2v) is 5.44. The van der Waals surface area contributed by atoms with Gasteiger partial charge < -0.3 is 14.8 Å². The molecule has 106 valence electrons. The maximum Gasteiger partial charge on any atom is 0.458 e. The SMILES string of the molecule is C/C(=C\c1ccc(O)cc1Cl)CC[C@@H]1C=CCB(O)O1. The number of halogens is 1. The molecule has 0 bridgehead atoms. The van der Waals surface area contributed by atoms with Crippen LogP contribution in [0.3, 0.4) is 0 Å². The van der Waals surface area contributed by atoms with Gasteiger partial charge in [0.05, 0.1) is 11.1 Å². The summed E-state index contributed by atoms with van der Waals surface area (Å²) in [6, 6.07) is 4.94. The van der Waals surface area contributed by atoms with Gasteiger partial charge in [0.25, 0.3) is 0 Å². The number of hydrogen-bond donors (Lipinski definition) is 2. The molecular weight excluding hydrogens is 274 g/mol. The highest BCUT2D eigenvalue weighted by Gasteiger charge is 2.20. The van der Waals surface area contributed by atoms with Crippen LogP contribution in [-0.4, -0.2) is 23.4 Å². The van der Waals surface area contributed by atoms with E-state index in [0.717, 1.165) is 18.4 Å². The highest BCUT2D eigenvalue weighted by Crippen LogP contribution is 2.25. The van der Waals surface area contributed by atoms with Gasteiger partial charge in [0.15, 0.2) is 0 Å². The first-order valence-electron chi connectivity index (χ1n) is 6.70. The number of benzene rings is 1. The fraction of sp³-hybridized carbons (Fsp3) is 0.333. The lowest BCUT2D eigenvalue weighted by molar-refractivity contribution is 0.192. The molecule has 0 saturated carbocycles. The van der Waals surface area contributed by atoms with Gasteiger partial charge in [-0.2, -0.15) is 0 Å². The average molecular weight is 293 g/mol. The quantitative estimate of drug-likeness (QED) is 0.657. The molecule has 0 aliphatic carbocycles. The van der Waals surface area contributed by atoms with Crippen LogP contribution in [0.2, 0.25) is 11.3 Å². The van der Waals surface area contributed by atoms with Gasteiger partial charge >= 0.3 is 7.12 Å². The minimum absolute atomic E-state index is 0.0302. The zero-order valence-corrected chi connectivity index (χ0v) is 12.2. The number of phenols is 1. The first kappa shape index (κ1) is 15.2. The fourth-order valence-electron chi connectivity index (χ4n) is 2.15. The van der Waals surface area contributed by atoms with Crippen molar-refractivity contribution in [3.63, 3.8) is 0 Å². The normalized spacial score (nSPS) is 19.4. The predicted octanol–water partition coefficient (Wildman–Crippen LogP) is 3.66. The zero-order valence-electron chi connectivity index (χ0n) is 11.4. The molecular formula is C15H18BClO3. The van der Waals surface area contributed by atoms with Crippen molar-refractivity contribution < 1.29 is 14.8 Å². The predicted molar refractivity (Wildman–Crippen MR) is 82.8 cm³/mol. The van der Waals surface area contributed by atoms with E-state index in [-0.39, 0.29) is 11.9 Å². The third-order valence-corrected chi connectivity index (χ3v) is 3.56. The molecule has 20 heavy (non-hydrogen) atoms. The smallest absolute Gasteiger partial charge is 0.458 e. The largest absolute Gasteiger partial charge is 0.508 e. The summed E-state index contributed by atoms with van der Waals surface area (Å²) in [7, 11) is -0.680. The highest BCUT2D eigenvalue weighted by molar-refractivity contribution is 6.43. The second-order valence-electron chi connectivity index (χ2n) is 5.03. The molecule has 0 spiro atoms. The first-order valence-corrected chi connectivity index (χ1v) is 7.08. The lowest BCUT2D eigenvalue weighted by Gasteiger charge is -2.20. The Labute approximate surface area is 124 Å². The van der Waals surface area contributed by atoms with E-state index in [0.29, 0.717) is 11.3 Å². The van der Waals surface area contributed by atoms with Crippen molar-refractivity contribution in [1.82, 2.24) is 0 Å². The Morgan fingerprint density at radius 1 is 1.55 bits per heavy atom. The first-order chi connectivity index (χ1) is 9.54. The van der Waals surface area contributed by atoms with E-state index in [1.165, 1.54) is 11.6 Å². The van der Waals surface area contributed by atoms with Crippen LogP contribution in [-0.2, 0) is 4.65 Å². The van der Waals surface area contributed by atoms with Gasteiger partial charge in [-0.25, -0.2) is 0 Å². The molecule has 1 aromatic rings. The molecule has 0 aromatic heterocycles. The molecule has 1 heterocycles. The number of hydrogen-bond acceptors (Lipinski definition) is 3. The molecule has 5 heteroatoms. The van der Waals surface area contributed by atoms with Crippen LogP contribution >= 0.6 is 11.6 Å². The molecule has 1 aromatic carbocycles. The van der Waals surface area contributed by atoms with E-state index in [1.807, 2.05) is 25.2 Å². The van der Waals surface area contributed by atoms with Crippen molar-refractivity contribution in [2.75, 3.05) is 0 Å². The summed E-state index contributed by atoms with van der Waals surface area (Å²) in [5.41, 5.74) is 2.07. The maximum atomic E-state index is 9.41. The van der Waals surface area contributed by atoms with Crippen molar-refractivity contribution in [3.8, 4) is 5.75 Å².